The predicted octanol–water partition coefficient (Wildman–Crippen LogP) is 4.47. The maximum atomic E-state index is 12.7. The van der Waals surface area contributed by atoms with Crippen LogP contribution in [0.25, 0.3) is 22.3 Å². The molecule has 3 rings (SSSR count). The van der Waals surface area contributed by atoms with Crippen LogP contribution in [0.1, 0.15) is 32.5 Å². The quantitative estimate of drug-likeness (QED) is 0.658. The zero-order chi connectivity index (χ0) is 18.1. The Morgan fingerprint density at radius 1 is 1.20 bits per heavy atom. The minimum absolute atomic E-state index is 0.146. The normalized spacial score (nSPS) is 11.4. The molecule has 0 fully saturated rings. The molecule has 5 nitrogen and oxygen atoms in total. The van der Waals surface area contributed by atoms with Crippen LogP contribution in [0.15, 0.2) is 23.0 Å². The number of aryl methyl sites for hydroxylation is 3. The first kappa shape index (κ1) is 18.0. The van der Waals surface area contributed by atoms with Gasteiger partial charge in [-0.05, 0) is 24.6 Å². The van der Waals surface area contributed by atoms with E-state index in [2.05, 4.69) is 12.0 Å². The molecule has 0 radical (unpaired) electrons. The highest BCUT2D eigenvalue weighted by Gasteiger charge is 2.20. The number of imidazole rings is 1. The van der Waals surface area contributed by atoms with Gasteiger partial charge in [-0.15, -0.1) is 0 Å². The number of halogens is 2. The van der Waals surface area contributed by atoms with Crippen LogP contribution in [0.2, 0.25) is 10.0 Å². The van der Waals surface area contributed by atoms with E-state index in [4.69, 9.17) is 28.2 Å². The Kier molecular flexibility index (Phi) is 5.16. The minimum atomic E-state index is -0.146. The van der Waals surface area contributed by atoms with E-state index in [1.165, 1.54) is 4.68 Å². The van der Waals surface area contributed by atoms with Gasteiger partial charge in [0.25, 0.3) is 5.56 Å². The van der Waals surface area contributed by atoms with Gasteiger partial charge >= 0.3 is 0 Å². The second kappa shape index (κ2) is 7.18. The van der Waals surface area contributed by atoms with Gasteiger partial charge in [-0.1, -0.05) is 43.5 Å². The summed E-state index contributed by atoms with van der Waals surface area (Å²) in [5.74, 6) is 0.889. The predicted molar refractivity (Wildman–Crippen MR) is 103 cm³/mol. The summed E-state index contributed by atoms with van der Waals surface area (Å²) >= 11 is 12.4. The maximum absolute atomic E-state index is 12.7. The molecule has 7 heteroatoms. The number of hydrogen-bond acceptors (Lipinski definition) is 3. The SMILES string of the molecule is CCCCn1c(CC)nc2c(-c3ccc(Cl)cc3Cl)nn(C)c(=O)c21. The molecule has 1 aromatic carbocycles. The molecule has 0 aliphatic carbocycles. The zero-order valence-electron chi connectivity index (χ0n) is 14.5. The number of aromatic nitrogens is 4. The van der Waals surface area contributed by atoms with Crippen LogP contribution in [0, 0.1) is 0 Å². The molecule has 0 saturated carbocycles. The highest BCUT2D eigenvalue weighted by atomic mass is 35.5. The summed E-state index contributed by atoms with van der Waals surface area (Å²) in [5.41, 5.74) is 2.36. The number of hydrogen-bond donors (Lipinski definition) is 0. The van der Waals surface area contributed by atoms with E-state index in [0.29, 0.717) is 26.8 Å². The van der Waals surface area contributed by atoms with Gasteiger partial charge in [0, 0.05) is 30.6 Å². The number of fused-ring (bicyclic) bond motifs is 1. The first-order valence-corrected chi connectivity index (χ1v) is 9.15. The number of rotatable bonds is 5. The zero-order valence-corrected chi connectivity index (χ0v) is 16.0. The van der Waals surface area contributed by atoms with Gasteiger partial charge in [0.2, 0.25) is 0 Å². The number of benzene rings is 1. The van der Waals surface area contributed by atoms with E-state index in [1.54, 1.807) is 19.2 Å². The minimum Gasteiger partial charge on any atom is -0.323 e. The Morgan fingerprint density at radius 3 is 2.60 bits per heavy atom. The molecule has 0 unspecified atom stereocenters. The van der Waals surface area contributed by atoms with E-state index < -0.39 is 0 Å². The molecule has 25 heavy (non-hydrogen) atoms. The number of nitrogens with zero attached hydrogens (tertiary/aromatic N) is 4. The summed E-state index contributed by atoms with van der Waals surface area (Å²) in [4.78, 5) is 17.5. The third kappa shape index (κ3) is 3.18. The summed E-state index contributed by atoms with van der Waals surface area (Å²) < 4.78 is 3.38. The van der Waals surface area contributed by atoms with Gasteiger partial charge in [0.05, 0.1) is 5.02 Å². The second-order valence-corrected chi connectivity index (χ2v) is 6.83. The Balaban J connectivity index is 2.36. The lowest BCUT2D eigenvalue weighted by Crippen LogP contribution is -2.23. The van der Waals surface area contributed by atoms with E-state index >= 15 is 0 Å². The average molecular weight is 379 g/mol. The van der Waals surface area contributed by atoms with Crippen LogP contribution < -0.4 is 5.56 Å². The van der Waals surface area contributed by atoms with Crippen LogP contribution in [-0.2, 0) is 20.0 Å². The van der Waals surface area contributed by atoms with Crippen molar-refractivity contribution < 1.29 is 0 Å². The highest BCUT2D eigenvalue weighted by molar-refractivity contribution is 6.36. The van der Waals surface area contributed by atoms with Crippen molar-refractivity contribution in [1.82, 2.24) is 19.3 Å². The molecule has 132 valence electrons. The van der Waals surface area contributed by atoms with Crippen LogP contribution in [-0.4, -0.2) is 19.3 Å². The van der Waals surface area contributed by atoms with Crippen molar-refractivity contribution in [2.24, 2.45) is 7.05 Å². The van der Waals surface area contributed by atoms with E-state index in [-0.39, 0.29) is 5.56 Å². The van der Waals surface area contributed by atoms with Crippen molar-refractivity contribution in [2.45, 2.75) is 39.7 Å². The molecule has 2 aromatic heterocycles. The summed E-state index contributed by atoms with van der Waals surface area (Å²) in [6, 6.07) is 5.25. The van der Waals surface area contributed by atoms with Gasteiger partial charge in [0.1, 0.15) is 22.6 Å². The molecule has 0 bridgehead atoms. The van der Waals surface area contributed by atoms with Gasteiger partial charge in [-0.25, -0.2) is 9.67 Å². The van der Waals surface area contributed by atoms with Gasteiger partial charge in [-0.3, -0.25) is 4.79 Å². The second-order valence-electron chi connectivity index (χ2n) is 5.99. The Labute approximate surface area is 156 Å². The topological polar surface area (TPSA) is 52.7 Å². The fourth-order valence-electron chi connectivity index (χ4n) is 2.97. The Hall–Kier alpha value is -1.85. The smallest absolute Gasteiger partial charge is 0.292 e. The van der Waals surface area contributed by atoms with Crippen LogP contribution in [0.4, 0.5) is 0 Å². The molecule has 0 aliphatic rings. The molecular formula is C18H20Cl2N4O. The van der Waals surface area contributed by atoms with Crippen molar-refractivity contribution in [2.75, 3.05) is 0 Å². The van der Waals surface area contributed by atoms with Crippen LogP contribution in [0.5, 0.6) is 0 Å². The lowest BCUT2D eigenvalue weighted by atomic mass is 10.1. The molecular weight excluding hydrogens is 359 g/mol. The Bertz CT molecular complexity index is 991. The fourth-order valence-corrected chi connectivity index (χ4v) is 3.47. The monoisotopic (exact) mass is 378 g/mol. The lowest BCUT2D eigenvalue weighted by Gasteiger charge is -2.09. The molecule has 0 amide bonds. The molecule has 0 spiro atoms. The molecule has 0 saturated heterocycles. The van der Waals surface area contributed by atoms with Crippen LogP contribution in [0.3, 0.4) is 0 Å². The molecule has 2 heterocycles. The summed E-state index contributed by atoms with van der Waals surface area (Å²) in [5, 5.41) is 5.47. The highest BCUT2D eigenvalue weighted by Crippen LogP contribution is 2.32. The van der Waals surface area contributed by atoms with Crippen molar-refractivity contribution >= 4 is 34.2 Å². The third-order valence-electron chi connectivity index (χ3n) is 4.26. The largest absolute Gasteiger partial charge is 0.323 e. The third-order valence-corrected chi connectivity index (χ3v) is 4.80. The van der Waals surface area contributed by atoms with Gasteiger partial charge in [0.15, 0.2) is 0 Å². The summed E-state index contributed by atoms with van der Waals surface area (Å²) in [7, 11) is 1.65. The van der Waals surface area contributed by atoms with Crippen molar-refractivity contribution in [3.8, 4) is 11.3 Å². The first-order chi connectivity index (χ1) is 12.0. The lowest BCUT2D eigenvalue weighted by molar-refractivity contribution is 0.614. The first-order valence-electron chi connectivity index (χ1n) is 8.39. The molecule has 3 aromatic rings. The average Bonchev–Trinajstić information content (AvgIpc) is 2.95. The molecule has 0 N–H and O–H groups in total. The molecule has 0 aliphatic heterocycles. The van der Waals surface area contributed by atoms with E-state index in [9.17, 15) is 4.79 Å². The fraction of sp³-hybridized carbons (Fsp3) is 0.389. The Morgan fingerprint density at radius 2 is 1.96 bits per heavy atom. The summed E-state index contributed by atoms with van der Waals surface area (Å²) in [6.45, 7) is 4.93. The molecule has 0 atom stereocenters. The van der Waals surface area contributed by atoms with Crippen LogP contribution >= 0.6 is 23.2 Å². The van der Waals surface area contributed by atoms with Crippen molar-refractivity contribution in [1.29, 1.82) is 0 Å². The van der Waals surface area contributed by atoms with E-state index in [0.717, 1.165) is 37.2 Å². The van der Waals surface area contributed by atoms with Crippen molar-refractivity contribution in [3.63, 3.8) is 0 Å². The summed E-state index contributed by atoms with van der Waals surface area (Å²) in [6.07, 6.45) is 2.78. The number of unbranched alkanes of at least 4 members (excludes halogenated alkanes) is 1. The van der Waals surface area contributed by atoms with Crippen molar-refractivity contribution in [3.05, 3.63) is 44.4 Å². The van der Waals surface area contributed by atoms with Gasteiger partial charge in [-0.2, -0.15) is 5.10 Å². The maximum Gasteiger partial charge on any atom is 0.292 e. The van der Waals surface area contributed by atoms with Gasteiger partial charge < -0.3 is 4.57 Å². The standard InChI is InChI=1S/C18H20Cl2N4O/c1-4-6-9-24-14(5-2)21-16-15(22-23(3)18(25)17(16)24)12-8-7-11(19)10-13(12)20/h7-8,10H,4-6,9H2,1-3H3. The van der Waals surface area contributed by atoms with E-state index in [1.807, 2.05) is 17.6 Å².